The monoisotopic (exact) mass is 275 g/mol. The van der Waals surface area contributed by atoms with Crippen molar-refractivity contribution >= 4 is 22.8 Å². The molecular weight excluding hydrogens is 254 g/mol. The van der Waals surface area contributed by atoms with E-state index in [1.54, 1.807) is 0 Å². The molecule has 1 aromatic heterocycles. The molecule has 1 unspecified atom stereocenters. The van der Waals surface area contributed by atoms with E-state index >= 15 is 0 Å². The Bertz CT molecular complexity index is 558. The van der Waals surface area contributed by atoms with E-state index in [2.05, 4.69) is 41.6 Å². The van der Waals surface area contributed by atoms with Crippen LogP contribution in [0.25, 0.3) is 11.0 Å². The first kappa shape index (κ1) is 13.0. The summed E-state index contributed by atoms with van der Waals surface area (Å²) >= 11 is 2.06. The van der Waals surface area contributed by atoms with Gasteiger partial charge in [-0.2, -0.15) is 11.8 Å². The Hall–Kier alpha value is -1.00. The number of hydrogen-bond donors (Lipinski definition) is 1. The average molecular weight is 275 g/mol. The van der Waals surface area contributed by atoms with Crippen molar-refractivity contribution in [3.63, 3.8) is 0 Å². The molecule has 0 radical (unpaired) electrons. The summed E-state index contributed by atoms with van der Waals surface area (Å²) in [5.74, 6) is 4.80. The summed E-state index contributed by atoms with van der Waals surface area (Å²) in [4.78, 5) is 4.83. The molecule has 1 aromatic carbocycles. The van der Waals surface area contributed by atoms with E-state index in [-0.39, 0.29) is 0 Å². The molecule has 102 valence electrons. The topological polar surface area (TPSA) is 43.8 Å². The van der Waals surface area contributed by atoms with Crippen molar-refractivity contribution in [2.45, 2.75) is 18.8 Å². The van der Waals surface area contributed by atoms with Gasteiger partial charge in [-0.15, -0.1) is 0 Å². The number of fused-ring (bicyclic) bond motifs is 1. The van der Waals surface area contributed by atoms with Gasteiger partial charge in [0.1, 0.15) is 5.82 Å². The number of nitrogens with zero attached hydrogens (tertiary/aromatic N) is 2. The average Bonchev–Trinajstić information content (AvgIpc) is 2.79. The van der Waals surface area contributed by atoms with Crippen LogP contribution in [-0.2, 0) is 7.05 Å². The molecule has 1 atom stereocenters. The van der Waals surface area contributed by atoms with Gasteiger partial charge in [-0.05, 0) is 42.4 Å². The summed E-state index contributed by atoms with van der Waals surface area (Å²) in [6, 6.07) is 8.34. The van der Waals surface area contributed by atoms with Crippen LogP contribution in [0.1, 0.15) is 24.6 Å². The Balaban J connectivity index is 1.98. The summed E-state index contributed by atoms with van der Waals surface area (Å²) in [5.41, 5.74) is 8.36. The van der Waals surface area contributed by atoms with Gasteiger partial charge in [0.25, 0.3) is 0 Å². The maximum absolute atomic E-state index is 6.07. The second-order valence-electron chi connectivity index (χ2n) is 5.31. The number of aryl methyl sites for hydroxylation is 1. The molecule has 2 N–H and O–H groups in total. The van der Waals surface area contributed by atoms with E-state index in [4.69, 9.17) is 10.7 Å². The van der Waals surface area contributed by atoms with Gasteiger partial charge in [0.2, 0.25) is 0 Å². The minimum absolute atomic E-state index is 0.401. The first-order chi connectivity index (χ1) is 9.31. The molecule has 3 rings (SSSR count). The number of benzene rings is 1. The molecule has 1 aliphatic heterocycles. The Morgan fingerprint density at radius 1 is 1.37 bits per heavy atom. The van der Waals surface area contributed by atoms with Gasteiger partial charge in [0.15, 0.2) is 0 Å². The largest absolute Gasteiger partial charge is 0.331 e. The minimum atomic E-state index is 0.401. The van der Waals surface area contributed by atoms with Crippen LogP contribution in [0, 0.1) is 5.92 Å². The SMILES string of the molecule is Cn1c(C(CN)C2CCSCC2)nc2ccccc21. The highest BCUT2D eigenvalue weighted by molar-refractivity contribution is 7.99. The quantitative estimate of drug-likeness (QED) is 0.936. The van der Waals surface area contributed by atoms with E-state index in [1.165, 1.54) is 35.7 Å². The smallest absolute Gasteiger partial charge is 0.114 e. The number of aromatic nitrogens is 2. The molecule has 1 aliphatic rings. The maximum Gasteiger partial charge on any atom is 0.114 e. The lowest BCUT2D eigenvalue weighted by Gasteiger charge is -2.28. The van der Waals surface area contributed by atoms with Crippen LogP contribution in [0.15, 0.2) is 24.3 Å². The summed E-state index contributed by atoms with van der Waals surface area (Å²) in [6.45, 7) is 0.701. The lowest BCUT2D eigenvalue weighted by molar-refractivity contribution is 0.382. The molecule has 0 spiro atoms. The number of para-hydroxylation sites is 2. The van der Waals surface area contributed by atoms with Crippen molar-refractivity contribution in [2.24, 2.45) is 18.7 Å². The second kappa shape index (κ2) is 5.55. The van der Waals surface area contributed by atoms with Crippen molar-refractivity contribution in [1.82, 2.24) is 9.55 Å². The van der Waals surface area contributed by atoms with Gasteiger partial charge in [-0.25, -0.2) is 4.98 Å². The van der Waals surface area contributed by atoms with E-state index in [9.17, 15) is 0 Å². The molecule has 0 saturated carbocycles. The molecule has 3 nitrogen and oxygen atoms in total. The molecule has 4 heteroatoms. The fraction of sp³-hybridized carbons (Fsp3) is 0.533. The normalized spacial score (nSPS) is 18.8. The fourth-order valence-corrected chi connectivity index (χ4v) is 4.27. The number of nitrogens with two attached hydrogens (primary N) is 1. The zero-order valence-electron chi connectivity index (χ0n) is 11.4. The third-order valence-corrected chi connectivity index (χ3v) is 5.29. The Morgan fingerprint density at radius 3 is 2.79 bits per heavy atom. The first-order valence-electron chi connectivity index (χ1n) is 7.00. The molecule has 0 amide bonds. The summed E-state index contributed by atoms with van der Waals surface area (Å²) in [7, 11) is 2.12. The Kier molecular flexibility index (Phi) is 3.80. The van der Waals surface area contributed by atoms with E-state index in [0.717, 1.165) is 5.52 Å². The van der Waals surface area contributed by atoms with Crippen LogP contribution in [-0.4, -0.2) is 27.6 Å². The van der Waals surface area contributed by atoms with Crippen LogP contribution in [0.2, 0.25) is 0 Å². The maximum atomic E-state index is 6.07. The van der Waals surface area contributed by atoms with Crippen molar-refractivity contribution in [2.75, 3.05) is 18.1 Å². The highest BCUT2D eigenvalue weighted by Gasteiger charge is 2.27. The zero-order chi connectivity index (χ0) is 13.2. The number of imidazole rings is 1. The molecule has 2 heterocycles. The number of hydrogen-bond acceptors (Lipinski definition) is 3. The minimum Gasteiger partial charge on any atom is -0.331 e. The van der Waals surface area contributed by atoms with Crippen LogP contribution in [0.4, 0.5) is 0 Å². The lowest BCUT2D eigenvalue weighted by atomic mass is 9.87. The molecule has 0 bridgehead atoms. The Labute approximate surface area is 118 Å². The van der Waals surface area contributed by atoms with Crippen molar-refractivity contribution in [3.05, 3.63) is 30.1 Å². The fourth-order valence-electron chi connectivity index (χ4n) is 3.12. The summed E-state index contributed by atoms with van der Waals surface area (Å²) < 4.78 is 2.23. The molecular formula is C15H21N3S. The van der Waals surface area contributed by atoms with Gasteiger partial charge in [0, 0.05) is 19.5 Å². The van der Waals surface area contributed by atoms with Crippen LogP contribution < -0.4 is 5.73 Å². The third kappa shape index (κ3) is 2.39. The van der Waals surface area contributed by atoms with Crippen LogP contribution >= 0.6 is 11.8 Å². The number of thioether (sulfide) groups is 1. The molecule has 1 fully saturated rings. The second-order valence-corrected chi connectivity index (χ2v) is 6.53. The van der Waals surface area contributed by atoms with Crippen LogP contribution in [0.3, 0.4) is 0 Å². The first-order valence-corrected chi connectivity index (χ1v) is 8.16. The van der Waals surface area contributed by atoms with Gasteiger partial charge >= 0.3 is 0 Å². The summed E-state index contributed by atoms with van der Waals surface area (Å²) in [6.07, 6.45) is 2.55. The van der Waals surface area contributed by atoms with Crippen LogP contribution in [0.5, 0.6) is 0 Å². The van der Waals surface area contributed by atoms with Crippen molar-refractivity contribution in [3.8, 4) is 0 Å². The highest BCUT2D eigenvalue weighted by Crippen LogP contribution is 2.35. The summed E-state index contributed by atoms with van der Waals surface area (Å²) in [5, 5.41) is 0. The predicted molar refractivity (Wildman–Crippen MR) is 82.6 cm³/mol. The standard InChI is InChI=1S/C15H21N3S/c1-18-14-5-3-2-4-13(14)17-15(18)12(10-16)11-6-8-19-9-7-11/h2-5,11-12H,6-10,16H2,1H3. The Morgan fingerprint density at radius 2 is 2.11 bits per heavy atom. The third-order valence-electron chi connectivity index (χ3n) is 4.24. The predicted octanol–water partition coefficient (Wildman–Crippen LogP) is 2.76. The number of rotatable bonds is 3. The zero-order valence-corrected chi connectivity index (χ0v) is 12.2. The van der Waals surface area contributed by atoms with Gasteiger partial charge in [-0.1, -0.05) is 12.1 Å². The van der Waals surface area contributed by atoms with E-state index < -0.39 is 0 Å². The lowest BCUT2D eigenvalue weighted by Crippen LogP contribution is -2.27. The highest BCUT2D eigenvalue weighted by atomic mass is 32.2. The molecule has 1 saturated heterocycles. The van der Waals surface area contributed by atoms with Gasteiger partial charge in [0.05, 0.1) is 11.0 Å². The molecule has 19 heavy (non-hydrogen) atoms. The van der Waals surface area contributed by atoms with Gasteiger partial charge in [-0.3, -0.25) is 0 Å². The van der Waals surface area contributed by atoms with Gasteiger partial charge < -0.3 is 10.3 Å². The van der Waals surface area contributed by atoms with E-state index in [1.807, 2.05) is 6.07 Å². The van der Waals surface area contributed by atoms with E-state index in [0.29, 0.717) is 18.4 Å². The van der Waals surface area contributed by atoms with Crippen molar-refractivity contribution in [1.29, 1.82) is 0 Å². The molecule has 2 aromatic rings. The van der Waals surface area contributed by atoms with Crippen molar-refractivity contribution < 1.29 is 0 Å². The molecule has 0 aliphatic carbocycles.